The lowest BCUT2D eigenvalue weighted by molar-refractivity contribution is 0.111. The second-order valence-corrected chi connectivity index (χ2v) is 14.3. The summed E-state index contributed by atoms with van der Waals surface area (Å²) < 4.78 is 37.0. The fraction of sp³-hybridized carbons (Fsp3) is 0.667. The van der Waals surface area contributed by atoms with Crippen molar-refractivity contribution >= 4 is 15.5 Å². The Balaban J connectivity index is 1.47. The predicted molar refractivity (Wildman–Crippen MR) is 174 cm³/mol. The summed E-state index contributed by atoms with van der Waals surface area (Å²) >= 11 is 0. The normalized spacial score (nSPS) is 18.2. The van der Waals surface area contributed by atoms with Gasteiger partial charge in [0.25, 0.3) is 5.56 Å². The molecule has 1 unspecified atom stereocenters. The van der Waals surface area contributed by atoms with E-state index in [2.05, 4.69) is 23.7 Å². The van der Waals surface area contributed by atoms with E-state index in [1.165, 1.54) is 51.4 Å². The van der Waals surface area contributed by atoms with Crippen LogP contribution in [0.1, 0.15) is 109 Å². The number of hydrogen-bond acceptors (Lipinski definition) is 7. The van der Waals surface area contributed by atoms with Gasteiger partial charge in [0.1, 0.15) is 11.6 Å². The van der Waals surface area contributed by atoms with Crippen LogP contribution in [-0.4, -0.2) is 76.0 Å². The van der Waals surface area contributed by atoms with Crippen LogP contribution in [0.5, 0.6) is 5.75 Å². The molecule has 3 aromatic rings. The Hall–Kier alpha value is -2.76. The summed E-state index contributed by atoms with van der Waals surface area (Å²) in [5.74, 6) is 1.69. The SMILES string of the molecule is CCCCCCC(CC)c1nc(C)c2c(=O)[nH]c(-c3cc(S(=O)(=O)N4CCN(C5CCCCC5)CC4)ccc3OCC)nn12. The van der Waals surface area contributed by atoms with Gasteiger partial charge in [0.2, 0.25) is 10.0 Å². The zero-order valence-corrected chi connectivity index (χ0v) is 27.8. The molecule has 44 heavy (non-hydrogen) atoms. The molecule has 0 amide bonds. The van der Waals surface area contributed by atoms with Gasteiger partial charge in [-0.2, -0.15) is 4.31 Å². The molecule has 2 aromatic heterocycles. The van der Waals surface area contributed by atoms with E-state index >= 15 is 0 Å². The molecule has 11 heteroatoms. The van der Waals surface area contributed by atoms with Gasteiger partial charge in [-0.25, -0.2) is 17.9 Å². The quantitative estimate of drug-likeness (QED) is 0.235. The van der Waals surface area contributed by atoms with Gasteiger partial charge in [-0.05, 0) is 57.7 Å². The van der Waals surface area contributed by atoms with Crippen LogP contribution in [0, 0.1) is 6.92 Å². The minimum Gasteiger partial charge on any atom is -0.493 e. The molecule has 0 bridgehead atoms. The van der Waals surface area contributed by atoms with Crippen molar-refractivity contribution in [1.29, 1.82) is 0 Å². The minimum absolute atomic E-state index is 0.167. The summed E-state index contributed by atoms with van der Waals surface area (Å²) in [6.07, 6.45) is 12.8. The van der Waals surface area contributed by atoms with Crippen LogP contribution in [0.15, 0.2) is 27.9 Å². The molecule has 10 nitrogen and oxygen atoms in total. The van der Waals surface area contributed by atoms with Crippen molar-refractivity contribution < 1.29 is 13.2 Å². The minimum atomic E-state index is -3.76. The van der Waals surface area contributed by atoms with E-state index in [9.17, 15) is 13.2 Å². The van der Waals surface area contributed by atoms with Gasteiger partial charge in [0.15, 0.2) is 11.3 Å². The van der Waals surface area contributed by atoms with Crippen LogP contribution in [-0.2, 0) is 10.0 Å². The van der Waals surface area contributed by atoms with Crippen LogP contribution >= 0.6 is 0 Å². The van der Waals surface area contributed by atoms with Crippen LogP contribution < -0.4 is 10.3 Å². The van der Waals surface area contributed by atoms with E-state index < -0.39 is 10.0 Å². The Bertz CT molecular complexity index is 1570. The number of aromatic nitrogens is 4. The number of nitrogens with zero attached hydrogens (tertiary/aromatic N) is 5. The summed E-state index contributed by atoms with van der Waals surface area (Å²) in [4.78, 5) is 23.8. The van der Waals surface area contributed by atoms with Gasteiger partial charge >= 0.3 is 0 Å². The Morgan fingerprint density at radius 1 is 1.02 bits per heavy atom. The second-order valence-electron chi connectivity index (χ2n) is 12.4. The van der Waals surface area contributed by atoms with Crippen molar-refractivity contribution in [2.45, 2.75) is 115 Å². The molecule has 2 aliphatic rings. The van der Waals surface area contributed by atoms with E-state index in [-0.39, 0.29) is 22.2 Å². The molecule has 0 spiro atoms. The number of aryl methyl sites for hydroxylation is 1. The highest BCUT2D eigenvalue weighted by atomic mass is 32.2. The van der Waals surface area contributed by atoms with Crippen molar-refractivity contribution in [2.24, 2.45) is 0 Å². The third-order valence-corrected chi connectivity index (χ3v) is 11.4. The maximum absolute atomic E-state index is 13.9. The second kappa shape index (κ2) is 14.6. The van der Waals surface area contributed by atoms with E-state index in [4.69, 9.17) is 14.8 Å². The van der Waals surface area contributed by atoms with Crippen molar-refractivity contribution in [3.8, 4) is 17.1 Å². The fourth-order valence-electron chi connectivity index (χ4n) is 6.95. The van der Waals surface area contributed by atoms with Crippen LogP contribution in [0.4, 0.5) is 0 Å². The number of piperazine rings is 1. The number of unbranched alkanes of at least 4 members (excludes halogenated alkanes) is 3. The fourth-order valence-corrected chi connectivity index (χ4v) is 8.40. The highest BCUT2D eigenvalue weighted by Gasteiger charge is 2.32. The third-order valence-electron chi connectivity index (χ3n) is 9.47. The largest absolute Gasteiger partial charge is 0.493 e. The summed E-state index contributed by atoms with van der Waals surface area (Å²) in [5, 5.41) is 4.88. The highest BCUT2D eigenvalue weighted by Crippen LogP contribution is 2.33. The molecule has 5 rings (SSSR count). The molecule has 1 saturated carbocycles. The number of hydrogen-bond donors (Lipinski definition) is 1. The molecule has 1 saturated heterocycles. The number of fused-ring (bicyclic) bond motifs is 1. The molecule has 242 valence electrons. The lowest BCUT2D eigenvalue weighted by atomic mass is 9.94. The Kier molecular flexibility index (Phi) is 10.8. The summed E-state index contributed by atoms with van der Waals surface area (Å²) in [5.41, 5.74) is 1.21. The van der Waals surface area contributed by atoms with Crippen LogP contribution in [0.2, 0.25) is 0 Å². The molecular formula is C33H50N6O4S. The first-order valence-corrected chi connectivity index (χ1v) is 18.2. The van der Waals surface area contributed by atoms with Gasteiger partial charge in [-0.1, -0.05) is 58.8 Å². The molecule has 1 aromatic carbocycles. The lowest BCUT2D eigenvalue weighted by Crippen LogP contribution is -2.52. The first kappa shape index (κ1) is 32.6. The van der Waals surface area contributed by atoms with Gasteiger partial charge in [0.05, 0.1) is 22.8 Å². The van der Waals surface area contributed by atoms with Crippen LogP contribution in [0.3, 0.4) is 0 Å². The average molecular weight is 627 g/mol. The Morgan fingerprint density at radius 3 is 2.45 bits per heavy atom. The maximum atomic E-state index is 13.9. The molecule has 1 N–H and O–H groups in total. The number of nitrogens with one attached hydrogen (secondary N) is 1. The van der Waals surface area contributed by atoms with Gasteiger partial charge in [0, 0.05) is 38.1 Å². The van der Waals surface area contributed by atoms with Crippen LogP contribution in [0.25, 0.3) is 16.9 Å². The maximum Gasteiger partial charge on any atom is 0.277 e. The molecule has 3 heterocycles. The number of H-pyrrole nitrogens is 1. The summed E-state index contributed by atoms with van der Waals surface area (Å²) in [6, 6.07) is 5.45. The van der Waals surface area contributed by atoms with Gasteiger partial charge in [-0.3, -0.25) is 9.69 Å². The van der Waals surface area contributed by atoms with E-state index in [1.807, 2.05) is 13.8 Å². The van der Waals surface area contributed by atoms with E-state index in [1.54, 1.807) is 27.0 Å². The summed E-state index contributed by atoms with van der Waals surface area (Å²) in [6.45, 7) is 10.9. The standard InChI is InChI=1S/C33H50N6O4S/c1-5-8-9-11-14-25(6-2)32-34-24(4)30-33(40)35-31(36-39(30)32)28-23-27(17-18-29(28)43-7-3)44(41,42)38-21-19-37(20-22-38)26-15-12-10-13-16-26/h17-18,23,25-26H,5-16,19-22H2,1-4H3,(H,35,36,40). The number of rotatable bonds is 13. The van der Waals surface area contributed by atoms with E-state index in [0.717, 1.165) is 38.2 Å². The molecule has 1 aliphatic heterocycles. The molecule has 0 radical (unpaired) electrons. The number of aromatic amines is 1. The Labute approximate surface area is 262 Å². The zero-order chi connectivity index (χ0) is 31.3. The molecule has 2 fully saturated rings. The number of benzene rings is 1. The smallest absolute Gasteiger partial charge is 0.277 e. The number of sulfonamides is 1. The average Bonchev–Trinajstić information content (AvgIpc) is 3.38. The topological polar surface area (TPSA) is 113 Å². The first-order valence-electron chi connectivity index (χ1n) is 16.8. The van der Waals surface area contributed by atoms with Crippen molar-refractivity contribution in [1.82, 2.24) is 28.8 Å². The van der Waals surface area contributed by atoms with Crippen molar-refractivity contribution in [2.75, 3.05) is 32.8 Å². The summed E-state index contributed by atoms with van der Waals surface area (Å²) in [7, 11) is -3.76. The third kappa shape index (κ3) is 6.89. The number of ether oxygens (including phenoxy) is 1. The van der Waals surface area contributed by atoms with Gasteiger partial charge in [-0.15, -0.1) is 5.10 Å². The molecule has 1 aliphatic carbocycles. The predicted octanol–water partition coefficient (Wildman–Crippen LogP) is 5.89. The van der Waals surface area contributed by atoms with Gasteiger partial charge < -0.3 is 9.72 Å². The van der Waals surface area contributed by atoms with Crippen molar-refractivity contribution in [3.63, 3.8) is 0 Å². The zero-order valence-electron chi connectivity index (χ0n) is 27.0. The Morgan fingerprint density at radius 2 is 1.77 bits per heavy atom. The molecule has 1 atom stereocenters. The number of imidazole rings is 1. The first-order chi connectivity index (χ1) is 21.3. The molecular weight excluding hydrogens is 576 g/mol. The monoisotopic (exact) mass is 626 g/mol. The highest BCUT2D eigenvalue weighted by molar-refractivity contribution is 7.89. The lowest BCUT2D eigenvalue weighted by Gasteiger charge is -2.40. The van der Waals surface area contributed by atoms with E-state index in [0.29, 0.717) is 48.3 Å². The van der Waals surface area contributed by atoms with Crippen molar-refractivity contribution in [3.05, 3.63) is 40.1 Å².